The molecule has 0 radical (unpaired) electrons. The van der Waals surface area contributed by atoms with Crippen molar-refractivity contribution in [3.05, 3.63) is 51.4 Å². The molecular weight excluding hydrogens is 390 g/mol. The SMILES string of the molecule is CC1CN(c2nc3c(c(=O)[nH]2)CCN(Cc2ccc(N4CCCC4)cc2)C3)CC(C)O1. The second-order valence-corrected chi connectivity index (χ2v) is 9.30. The van der Waals surface area contributed by atoms with E-state index in [0.717, 1.165) is 50.4 Å². The van der Waals surface area contributed by atoms with Crippen molar-refractivity contribution in [2.45, 2.75) is 58.4 Å². The molecule has 0 bridgehead atoms. The Bertz CT molecular complexity index is 957. The fourth-order valence-electron chi connectivity index (χ4n) is 5.16. The van der Waals surface area contributed by atoms with Gasteiger partial charge in [0.1, 0.15) is 0 Å². The molecule has 3 aliphatic heterocycles. The molecule has 4 heterocycles. The highest BCUT2D eigenvalue weighted by Crippen LogP contribution is 2.23. The summed E-state index contributed by atoms with van der Waals surface area (Å²) < 4.78 is 5.83. The lowest BCUT2D eigenvalue weighted by atomic mass is 10.1. The molecule has 7 heteroatoms. The number of fused-ring (bicyclic) bond motifs is 1. The second-order valence-electron chi connectivity index (χ2n) is 9.30. The van der Waals surface area contributed by atoms with Crippen LogP contribution in [0.25, 0.3) is 0 Å². The zero-order valence-electron chi connectivity index (χ0n) is 18.6. The van der Waals surface area contributed by atoms with Crippen LogP contribution in [-0.2, 0) is 24.2 Å². The quantitative estimate of drug-likeness (QED) is 0.815. The zero-order valence-corrected chi connectivity index (χ0v) is 18.6. The lowest BCUT2D eigenvalue weighted by molar-refractivity contribution is -0.00576. The fourth-order valence-corrected chi connectivity index (χ4v) is 5.16. The number of aromatic amines is 1. The smallest absolute Gasteiger partial charge is 0.255 e. The summed E-state index contributed by atoms with van der Waals surface area (Å²) in [5.74, 6) is 0.683. The van der Waals surface area contributed by atoms with Crippen LogP contribution in [0.5, 0.6) is 0 Å². The van der Waals surface area contributed by atoms with E-state index in [9.17, 15) is 4.79 Å². The molecule has 5 rings (SSSR count). The molecule has 0 amide bonds. The maximum atomic E-state index is 12.7. The number of hydrogen-bond acceptors (Lipinski definition) is 6. The van der Waals surface area contributed by atoms with Crippen LogP contribution in [0.4, 0.5) is 11.6 Å². The van der Waals surface area contributed by atoms with Crippen LogP contribution in [0.15, 0.2) is 29.1 Å². The molecule has 166 valence electrons. The molecule has 1 aromatic heterocycles. The van der Waals surface area contributed by atoms with Crippen LogP contribution < -0.4 is 15.4 Å². The number of nitrogens with one attached hydrogen (secondary N) is 1. The molecule has 31 heavy (non-hydrogen) atoms. The van der Waals surface area contributed by atoms with Crippen LogP contribution in [0.1, 0.15) is 43.5 Å². The number of aromatic nitrogens is 2. The first-order valence-electron chi connectivity index (χ1n) is 11.6. The molecular formula is C24H33N5O2. The minimum absolute atomic E-state index is 0.0152. The summed E-state index contributed by atoms with van der Waals surface area (Å²) in [7, 11) is 0. The molecule has 0 saturated carbocycles. The van der Waals surface area contributed by atoms with Gasteiger partial charge in [0.15, 0.2) is 0 Å². The third-order valence-electron chi connectivity index (χ3n) is 6.67. The Morgan fingerprint density at radius 1 is 1.03 bits per heavy atom. The number of ether oxygens (including phenoxy) is 1. The lowest BCUT2D eigenvalue weighted by Gasteiger charge is -2.36. The minimum Gasteiger partial charge on any atom is -0.372 e. The summed E-state index contributed by atoms with van der Waals surface area (Å²) in [4.78, 5) is 27.7. The van der Waals surface area contributed by atoms with Crippen molar-refractivity contribution in [3.63, 3.8) is 0 Å². The van der Waals surface area contributed by atoms with E-state index in [1.807, 2.05) is 0 Å². The van der Waals surface area contributed by atoms with Crippen molar-refractivity contribution in [2.75, 3.05) is 42.5 Å². The van der Waals surface area contributed by atoms with Gasteiger partial charge in [-0.1, -0.05) is 12.1 Å². The Morgan fingerprint density at radius 3 is 2.45 bits per heavy atom. The summed E-state index contributed by atoms with van der Waals surface area (Å²) in [5.41, 5.74) is 4.43. The van der Waals surface area contributed by atoms with Gasteiger partial charge in [-0.15, -0.1) is 0 Å². The van der Waals surface area contributed by atoms with E-state index in [1.165, 1.54) is 37.2 Å². The number of hydrogen-bond donors (Lipinski definition) is 1. The van der Waals surface area contributed by atoms with E-state index in [-0.39, 0.29) is 17.8 Å². The molecule has 2 aromatic rings. The third-order valence-corrected chi connectivity index (χ3v) is 6.67. The first kappa shape index (κ1) is 20.5. The van der Waals surface area contributed by atoms with E-state index in [2.05, 4.69) is 57.8 Å². The van der Waals surface area contributed by atoms with Gasteiger partial charge in [-0.2, -0.15) is 0 Å². The zero-order chi connectivity index (χ0) is 21.4. The number of anilines is 2. The molecule has 2 atom stereocenters. The van der Waals surface area contributed by atoms with Crippen LogP contribution in [-0.4, -0.2) is 59.8 Å². The molecule has 1 N–H and O–H groups in total. The first-order valence-corrected chi connectivity index (χ1v) is 11.6. The van der Waals surface area contributed by atoms with Gasteiger partial charge in [-0.3, -0.25) is 14.7 Å². The van der Waals surface area contributed by atoms with Gasteiger partial charge >= 0.3 is 0 Å². The summed E-state index contributed by atoms with van der Waals surface area (Å²) in [6.45, 7) is 10.5. The van der Waals surface area contributed by atoms with Crippen molar-refractivity contribution in [1.29, 1.82) is 0 Å². The topological polar surface area (TPSA) is 64.7 Å². The van der Waals surface area contributed by atoms with Crippen LogP contribution in [0.3, 0.4) is 0 Å². The highest BCUT2D eigenvalue weighted by atomic mass is 16.5. The molecule has 1 aromatic carbocycles. The normalized spacial score (nSPS) is 24.5. The molecule has 2 unspecified atom stereocenters. The largest absolute Gasteiger partial charge is 0.372 e. The van der Waals surface area contributed by atoms with Gasteiger partial charge in [-0.05, 0) is 50.8 Å². The molecule has 0 aliphatic carbocycles. The summed E-state index contributed by atoms with van der Waals surface area (Å²) >= 11 is 0. The number of rotatable bonds is 4. The van der Waals surface area contributed by atoms with E-state index in [1.54, 1.807) is 0 Å². The molecule has 0 spiro atoms. The Kier molecular flexibility index (Phi) is 5.71. The van der Waals surface area contributed by atoms with Crippen LogP contribution in [0, 0.1) is 0 Å². The maximum Gasteiger partial charge on any atom is 0.255 e. The Labute approximate surface area is 184 Å². The van der Waals surface area contributed by atoms with E-state index in [4.69, 9.17) is 9.72 Å². The lowest BCUT2D eigenvalue weighted by Crippen LogP contribution is -2.47. The van der Waals surface area contributed by atoms with Gasteiger partial charge in [0.05, 0.1) is 17.9 Å². The Balaban J connectivity index is 1.29. The maximum absolute atomic E-state index is 12.7. The average molecular weight is 424 g/mol. The highest BCUT2D eigenvalue weighted by molar-refractivity contribution is 5.48. The number of nitrogens with zero attached hydrogens (tertiary/aromatic N) is 4. The molecule has 2 saturated heterocycles. The van der Waals surface area contributed by atoms with Gasteiger partial charge < -0.3 is 14.5 Å². The number of benzene rings is 1. The summed E-state index contributed by atoms with van der Waals surface area (Å²) in [5, 5.41) is 0. The fraction of sp³-hybridized carbons (Fsp3) is 0.583. The Hall–Kier alpha value is -2.38. The van der Waals surface area contributed by atoms with Crippen molar-refractivity contribution < 1.29 is 4.74 Å². The average Bonchev–Trinajstić information content (AvgIpc) is 3.28. The van der Waals surface area contributed by atoms with Gasteiger partial charge in [0, 0.05) is 57.1 Å². The van der Waals surface area contributed by atoms with Crippen molar-refractivity contribution in [3.8, 4) is 0 Å². The number of H-pyrrole nitrogens is 1. The summed E-state index contributed by atoms with van der Waals surface area (Å²) in [6, 6.07) is 8.99. The second kappa shape index (κ2) is 8.63. The predicted molar refractivity (Wildman–Crippen MR) is 123 cm³/mol. The van der Waals surface area contributed by atoms with Gasteiger partial charge in [0.2, 0.25) is 5.95 Å². The van der Waals surface area contributed by atoms with E-state index < -0.39 is 0 Å². The predicted octanol–water partition coefficient (Wildman–Crippen LogP) is 2.54. The van der Waals surface area contributed by atoms with Crippen LogP contribution in [0.2, 0.25) is 0 Å². The first-order chi connectivity index (χ1) is 15.0. The van der Waals surface area contributed by atoms with Crippen molar-refractivity contribution in [2.24, 2.45) is 0 Å². The standard InChI is InChI=1S/C24H33N5O2/c1-17-13-29(14-18(2)31-17)24-25-22-16-27(12-9-21(22)23(30)26-24)15-19-5-7-20(8-6-19)28-10-3-4-11-28/h5-8,17-18H,3-4,9-16H2,1-2H3,(H,25,26,30). The minimum atomic E-state index is 0.0152. The summed E-state index contributed by atoms with van der Waals surface area (Å²) in [6.07, 6.45) is 3.60. The molecule has 7 nitrogen and oxygen atoms in total. The molecule has 2 fully saturated rings. The van der Waals surface area contributed by atoms with Gasteiger partial charge in [-0.25, -0.2) is 4.98 Å². The van der Waals surface area contributed by atoms with Crippen LogP contribution >= 0.6 is 0 Å². The monoisotopic (exact) mass is 423 g/mol. The van der Waals surface area contributed by atoms with Crippen molar-refractivity contribution >= 4 is 11.6 Å². The van der Waals surface area contributed by atoms with Crippen molar-refractivity contribution in [1.82, 2.24) is 14.9 Å². The number of morpholine rings is 1. The van der Waals surface area contributed by atoms with E-state index >= 15 is 0 Å². The van der Waals surface area contributed by atoms with E-state index in [0.29, 0.717) is 5.95 Å². The highest BCUT2D eigenvalue weighted by Gasteiger charge is 2.27. The Morgan fingerprint density at radius 2 is 1.74 bits per heavy atom. The van der Waals surface area contributed by atoms with Gasteiger partial charge in [0.25, 0.3) is 5.56 Å². The third kappa shape index (κ3) is 4.48. The molecule has 3 aliphatic rings.